The van der Waals surface area contributed by atoms with Crippen LogP contribution in [0.1, 0.15) is 53.9 Å². The standard InChI is InChI=1S/C24H25N2/c1-16-8-3-6-11-18(16)24-22-14-21-19(17-9-4-5-10-17)12-7-13-20(21)23(22)25-15-26(24)2/h3,6-8,11-13,15,17H,4-5,9-10,14H2,1-2H3/q+1. The smallest absolute Gasteiger partial charge is 0.232 e. The van der Waals surface area contributed by atoms with Crippen LogP contribution in [-0.2, 0) is 13.5 Å². The van der Waals surface area contributed by atoms with Gasteiger partial charge in [0.1, 0.15) is 5.69 Å². The second-order valence-electron chi connectivity index (χ2n) is 7.88. The number of aryl methyl sites for hydroxylation is 2. The Kier molecular flexibility index (Phi) is 3.66. The average Bonchev–Trinajstić information content (AvgIpc) is 3.30. The Bertz CT molecular complexity index is 997. The molecule has 2 heteroatoms. The van der Waals surface area contributed by atoms with E-state index >= 15 is 0 Å². The minimum absolute atomic E-state index is 0.745. The third kappa shape index (κ3) is 2.32. The highest BCUT2D eigenvalue weighted by Crippen LogP contribution is 2.45. The summed E-state index contributed by atoms with van der Waals surface area (Å²) < 4.78 is 2.20. The van der Waals surface area contributed by atoms with Crippen molar-refractivity contribution in [1.29, 1.82) is 0 Å². The van der Waals surface area contributed by atoms with E-state index in [1.54, 1.807) is 5.56 Å². The third-order valence-corrected chi connectivity index (χ3v) is 6.30. The summed E-state index contributed by atoms with van der Waals surface area (Å²) in [5, 5.41) is 0. The largest absolute Gasteiger partial charge is 0.287 e. The molecule has 130 valence electrons. The lowest BCUT2D eigenvalue weighted by Gasteiger charge is -2.14. The maximum atomic E-state index is 4.85. The second kappa shape index (κ2) is 6.05. The molecule has 3 aromatic rings. The molecular weight excluding hydrogens is 316 g/mol. The van der Waals surface area contributed by atoms with Gasteiger partial charge >= 0.3 is 0 Å². The Morgan fingerprint density at radius 1 is 0.923 bits per heavy atom. The Morgan fingerprint density at radius 3 is 2.50 bits per heavy atom. The number of rotatable bonds is 2. The van der Waals surface area contributed by atoms with Gasteiger partial charge in [-0.1, -0.05) is 55.3 Å². The van der Waals surface area contributed by atoms with E-state index < -0.39 is 0 Å². The van der Waals surface area contributed by atoms with E-state index in [9.17, 15) is 0 Å². The van der Waals surface area contributed by atoms with Crippen LogP contribution in [0.25, 0.3) is 22.5 Å². The van der Waals surface area contributed by atoms with Gasteiger partial charge in [0.25, 0.3) is 6.33 Å². The van der Waals surface area contributed by atoms with E-state index in [0.717, 1.165) is 12.3 Å². The predicted octanol–water partition coefficient (Wildman–Crippen LogP) is 5.11. The summed E-state index contributed by atoms with van der Waals surface area (Å²) in [4.78, 5) is 4.85. The zero-order valence-electron chi connectivity index (χ0n) is 15.6. The van der Waals surface area contributed by atoms with E-state index in [1.807, 2.05) is 6.33 Å². The summed E-state index contributed by atoms with van der Waals surface area (Å²) >= 11 is 0. The number of aromatic nitrogens is 2. The number of hydrogen-bond acceptors (Lipinski definition) is 1. The number of benzene rings is 2. The van der Waals surface area contributed by atoms with Gasteiger partial charge in [-0.05, 0) is 47.4 Å². The lowest BCUT2D eigenvalue weighted by Crippen LogP contribution is -2.33. The van der Waals surface area contributed by atoms with Crippen LogP contribution in [0, 0.1) is 6.92 Å². The fourth-order valence-corrected chi connectivity index (χ4v) is 5.02. The van der Waals surface area contributed by atoms with Gasteiger partial charge < -0.3 is 0 Å². The summed E-state index contributed by atoms with van der Waals surface area (Å²) in [7, 11) is 2.12. The van der Waals surface area contributed by atoms with Crippen LogP contribution in [0.2, 0.25) is 0 Å². The topological polar surface area (TPSA) is 16.8 Å². The fraction of sp³-hybridized carbons (Fsp3) is 0.333. The highest BCUT2D eigenvalue weighted by Gasteiger charge is 2.33. The molecule has 26 heavy (non-hydrogen) atoms. The summed E-state index contributed by atoms with van der Waals surface area (Å²) in [5.41, 5.74) is 11.0. The third-order valence-electron chi connectivity index (χ3n) is 6.30. The molecule has 1 heterocycles. The average molecular weight is 341 g/mol. The van der Waals surface area contributed by atoms with Crippen LogP contribution in [0.15, 0.2) is 48.8 Å². The summed E-state index contributed by atoms with van der Waals surface area (Å²) in [5.74, 6) is 0.745. The first kappa shape index (κ1) is 15.7. The highest BCUT2D eigenvalue weighted by atomic mass is 15.0. The van der Waals surface area contributed by atoms with E-state index in [2.05, 4.69) is 61.0 Å². The molecule has 2 aliphatic rings. The molecule has 0 radical (unpaired) electrons. The Balaban J connectivity index is 1.70. The first-order valence-electron chi connectivity index (χ1n) is 9.79. The van der Waals surface area contributed by atoms with E-state index in [1.165, 1.54) is 64.9 Å². The van der Waals surface area contributed by atoms with Crippen molar-refractivity contribution < 1.29 is 4.57 Å². The Labute approximate surface area is 155 Å². The first-order chi connectivity index (χ1) is 12.7. The normalized spacial score (nSPS) is 15.9. The zero-order chi connectivity index (χ0) is 17.7. The van der Waals surface area contributed by atoms with Crippen molar-refractivity contribution in [3.05, 3.63) is 71.0 Å². The molecule has 0 spiro atoms. The molecular formula is C24H25N2+. The van der Waals surface area contributed by atoms with Crippen LogP contribution in [-0.4, -0.2) is 4.98 Å². The molecule has 2 aliphatic carbocycles. The van der Waals surface area contributed by atoms with Crippen molar-refractivity contribution in [3.63, 3.8) is 0 Å². The summed E-state index contributed by atoms with van der Waals surface area (Å²) in [6.07, 6.45) is 8.45. The van der Waals surface area contributed by atoms with Crippen LogP contribution in [0.5, 0.6) is 0 Å². The van der Waals surface area contributed by atoms with Gasteiger partial charge in [0, 0.05) is 17.5 Å². The SMILES string of the molecule is Cc1ccccc1-c1c2c(nc[n+]1C)-c1cccc(C3CCCC3)c1C2. The van der Waals surface area contributed by atoms with Crippen LogP contribution < -0.4 is 4.57 Å². The fourth-order valence-electron chi connectivity index (χ4n) is 5.02. The lowest BCUT2D eigenvalue weighted by molar-refractivity contribution is -0.663. The molecule has 0 aliphatic heterocycles. The van der Waals surface area contributed by atoms with E-state index in [-0.39, 0.29) is 0 Å². The van der Waals surface area contributed by atoms with Crippen LogP contribution in [0.4, 0.5) is 0 Å². The lowest BCUT2D eigenvalue weighted by atomic mass is 9.90. The van der Waals surface area contributed by atoms with Crippen LogP contribution in [0.3, 0.4) is 0 Å². The molecule has 0 bridgehead atoms. The molecule has 2 aromatic carbocycles. The van der Waals surface area contributed by atoms with Gasteiger partial charge in [-0.2, -0.15) is 0 Å². The van der Waals surface area contributed by atoms with E-state index in [4.69, 9.17) is 4.98 Å². The minimum Gasteiger partial charge on any atom is -0.232 e. The van der Waals surface area contributed by atoms with E-state index in [0.29, 0.717) is 0 Å². The number of fused-ring (bicyclic) bond motifs is 3. The second-order valence-corrected chi connectivity index (χ2v) is 7.88. The van der Waals surface area contributed by atoms with Gasteiger partial charge in [0.2, 0.25) is 0 Å². The van der Waals surface area contributed by atoms with Gasteiger partial charge in [0.05, 0.1) is 12.6 Å². The van der Waals surface area contributed by atoms with Gasteiger partial charge in [-0.25, -0.2) is 4.57 Å². The first-order valence-corrected chi connectivity index (χ1v) is 9.79. The Morgan fingerprint density at radius 2 is 1.69 bits per heavy atom. The van der Waals surface area contributed by atoms with Crippen LogP contribution >= 0.6 is 0 Å². The molecule has 1 fully saturated rings. The molecule has 0 atom stereocenters. The molecule has 0 saturated heterocycles. The van der Waals surface area contributed by atoms with Crippen molar-refractivity contribution in [1.82, 2.24) is 4.98 Å². The summed E-state index contributed by atoms with van der Waals surface area (Å²) in [6.45, 7) is 2.20. The van der Waals surface area contributed by atoms with Crippen molar-refractivity contribution in [2.75, 3.05) is 0 Å². The van der Waals surface area contributed by atoms with Crippen molar-refractivity contribution in [2.45, 2.75) is 44.9 Å². The molecule has 0 N–H and O–H groups in total. The molecule has 1 aromatic heterocycles. The van der Waals surface area contributed by atoms with Gasteiger partial charge in [-0.3, -0.25) is 0 Å². The quantitative estimate of drug-likeness (QED) is 0.463. The maximum Gasteiger partial charge on any atom is 0.287 e. The number of nitrogens with zero attached hydrogens (tertiary/aromatic N) is 2. The molecule has 2 nitrogen and oxygen atoms in total. The van der Waals surface area contributed by atoms with Crippen molar-refractivity contribution >= 4 is 0 Å². The Hall–Kier alpha value is -2.48. The zero-order valence-corrected chi connectivity index (χ0v) is 15.6. The monoisotopic (exact) mass is 341 g/mol. The maximum absolute atomic E-state index is 4.85. The van der Waals surface area contributed by atoms with Crippen molar-refractivity contribution in [3.8, 4) is 22.5 Å². The van der Waals surface area contributed by atoms with Gasteiger partial charge in [0.15, 0.2) is 5.69 Å². The van der Waals surface area contributed by atoms with Gasteiger partial charge in [-0.15, -0.1) is 0 Å². The predicted molar refractivity (Wildman–Crippen MR) is 105 cm³/mol. The summed E-state index contributed by atoms with van der Waals surface area (Å²) in [6, 6.07) is 15.6. The molecule has 0 unspecified atom stereocenters. The minimum atomic E-state index is 0.745. The molecule has 5 rings (SSSR count). The molecule has 1 saturated carbocycles. The number of hydrogen-bond donors (Lipinski definition) is 0. The molecule has 0 amide bonds. The van der Waals surface area contributed by atoms with Crippen molar-refractivity contribution in [2.24, 2.45) is 7.05 Å². The highest BCUT2D eigenvalue weighted by molar-refractivity contribution is 5.81.